The summed E-state index contributed by atoms with van der Waals surface area (Å²) in [6.07, 6.45) is 1.14. The molecule has 82 valence electrons. The van der Waals surface area contributed by atoms with Crippen molar-refractivity contribution in [2.75, 3.05) is 13.2 Å². The molecule has 15 heavy (non-hydrogen) atoms. The van der Waals surface area contributed by atoms with Crippen LogP contribution in [-0.4, -0.2) is 18.8 Å². The molecule has 0 amide bonds. The second-order valence-electron chi connectivity index (χ2n) is 4.26. The number of para-hydroxylation sites is 1. The van der Waals surface area contributed by atoms with Crippen LogP contribution in [-0.2, 0) is 4.74 Å². The molecule has 0 spiro atoms. The Morgan fingerprint density at radius 3 is 2.60 bits per heavy atom. The molecule has 1 aliphatic rings. The number of benzene rings is 1. The second-order valence-corrected chi connectivity index (χ2v) is 4.26. The molecule has 2 heteroatoms. The van der Waals surface area contributed by atoms with Crippen LogP contribution in [0.15, 0.2) is 30.3 Å². The van der Waals surface area contributed by atoms with Gasteiger partial charge in [0.05, 0.1) is 6.61 Å². The fourth-order valence-corrected chi connectivity index (χ4v) is 1.70. The van der Waals surface area contributed by atoms with Gasteiger partial charge >= 0.3 is 0 Å². The van der Waals surface area contributed by atoms with Crippen molar-refractivity contribution in [3.8, 4) is 5.75 Å². The summed E-state index contributed by atoms with van der Waals surface area (Å²) in [6.45, 7) is 5.93. The third-order valence-electron chi connectivity index (χ3n) is 3.25. The highest BCUT2D eigenvalue weighted by atomic mass is 16.6. The van der Waals surface area contributed by atoms with E-state index in [2.05, 4.69) is 13.8 Å². The van der Waals surface area contributed by atoms with Gasteiger partial charge in [-0.3, -0.25) is 0 Å². The Morgan fingerprint density at radius 1 is 1.40 bits per heavy atom. The fourth-order valence-electron chi connectivity index (χ4n) is 1.70. The molecule has 2 nitrogen and oxygen atoms in total. The molecule has 0 aromatic heterocycles. The van der Waals surface area contributed by atoms with Crippen LogP contribution in [0.4, 0.5) is 0 Å². The van der Waals surface area contributed by atoms with Gasteiger partial charge in [-0.05, 0) is 18.1 Å². The molecule has 1 aromatic rings. The average Bonchev–Trinajstić information content (AvgIpc) is 3.08. The zero-order valence-corrected chi connectivity index (χ0v) is 9.40. The predicted octanol–water partition coefficient (Wildman–Crippen LogP) is 2.88. The first-order valence-corrected chi connectivity index (χ1v) is 5.58. The lowest BCUT2D eigenvalue weighted by Crippen LogP contribution is -2.29. The van der Waals surface area contributed by atoms with E-state index in [1.807, 2.05) is 30.3 Å². The molecule has 0 N–H and O–H groups in total. The minimum absolute atomic E-state index is 0.00933. The summed E-state index contributed by atoms with van der Waals surface area (Å²) in [6, 6.07) is 9.92. The Hall–Kier alpha value is -1.02. The summed E-state index contributed by atoms with van der Waals surface area (Å²) >= 11 is 0. The van der Waals surface area contributed by atoms with E-state index in [9.17, 15) is 0 Å². The molecule has 2 atom stereocenters. The Morgan fingerprint density at radius 2 is 2.07 bits per heavy atom. The maximum absolute atomic E-state index is 5.73. The van der Waals surface area contributed by atoms with Gasteiger partial charge in [-0.25, -0.2) is 0 Å². The first-order chi connectivity index (χ1) is 7.27. The molecule has 0 aliphatic carbocycles. The topological polar surface area (TPSA) is 21.8 Å². The third kappa shape index (κ3) is 2.32. The molecule has 1 fully saturated rings. The summed E-state index contributed by atoms with van der Waals surface area (Å²) in [7, 11) is 0. The molecule has 1 heterocycles. The standard InChI is InChI=1S/C13H18O2/c1-3-11(2)13(10-15-13)9-14-12-7-5-4-6-8-12/h4-8,11H,3,9-10H2,1-2H3. The van der Waals surface area contributed by atoms with E-state index in [1.165, 1.54) is 0 Å². The van der Waals surface area contributed by atoms with E-state index < -0.39 is 0 Å². The van der Waals surface area contributed by atoms with Gasteiger partial charge in [0, 0.05) is 0 Å². The monoisotopic (exact) mass is 206 g/mol. The van der Waals surface area contributed by atoms with Crippen molar-refractivity contribution in [1.82, 2.24) is 0 Å². The van der Waals surface area contributed by atoms with Crippen LogP contribution in [0.3, 0.4) is 0 Å². The van der Waals surface area contributed by atoms with Crippen LogP contribution in [0.5, 0.6) is 5.75 Å². The molecule has 2 unspecified atom stereocenters. The van der Waals surface area contributed by atoms with Crippen molar-refractivity contribution in [2.45, 2.75) is 25.9 Å². The largest absolute Gasteiger partial charge is 0.490 e. The molecule has 1 saturated heterocycles. The molecule has 0 saturated carbocycles. The van der Waals surface area contributed by atoms with Crippen LogP contribution >= 0.6 is 0 Å². The highest BCUT2D eigenvalue weighted by molar-refractivity contribution is 5.21. The first-order valence-electron chi connectivity index (χ1n) is 5.58. The van der Waals surface area contributed by atoms with E-state index in [-0.39, 0.29) is 5.60 Å². The molecule has 0 radical (unpaired) electrons. The molecular weight excluding hydrogens is 188 g/mol. The molecule has 1 aliphatic heterocycles. The second kappa shape index (κ2) is 4.23. The molecule has 0 bridgehead atoms. The van der Waals surface area contributed by atoms with E-state index in [0.717, 1.165) is 18.8 Å². The van der Waals surface area contributed by atoms with E-state index in [0.29, 0.717) is 12.5 Å². The van der Waals surface area contributed by atoms with Gasteiger partial charge in [0.1, 0.15) is 18.0 Å². The van der Waals surface area contributed by atoms with Crippen LogP contribution in [0, 0.1) is 5.92 Å². The lowest BCUT2D eigenvalue weighted by molar-refractivity contribution is 0.140. The van der Waals surface area contributed by atoms with Gasteiger partial charge in [0.15, 0.2) is 0 Å². The Labute approximate surface area is 91.2 Å². The SMILES string of the molecule is CCC(C)C1(COc2ccccc2)CO1. The Bertz CT molecular complexity index is 304. The van der Waals surface area contributed by atoms with Crippen molar-refractivity contribution >= 4 is 0 Å². The number of ether oxygens (including phenoxy) is 2. The van der Waals surface area contributed by atoms with Gasteiger partial charge in [0.2, 0.25) is 0 Å². The quantitative estimate of drug-likeness (QED) is 0.691. The zero-order valence-electron chi connectivity index (χ0n) is 9.40. The maximum atomic E-state index is 5.73. The molecule has 1 aromatic carbocycles. The van der Waals surface area contributed by atoms with Crippen molar-refractivity contribution in [1.29, 1.82) is 0 Å². The number of rotatable bonds is 5. The molecular formula is C13H18O2. The predicted molar refractivity (Wildman–Crippen MR) is 60.1 cm³/mol. The van der Waals surface area contributed by atoms with Gasteiger partial charge in [-0.2, -0.15) is 0 Å². The van der Waals surface area contributed by atoms with Crippen LogP contribution in [0.2, 0.25) is 0 Å². The summed E-state index contributed by atoms with van der Waals surface area (Å²) in [5.74, 6) is 1.50. The number of epoxide rings is 1. The summed E-state index contributed by atoms with van der Waals surface area (Å²) in [4.78, 5) is 0. The lowest BCUT2D eigenvalue weighted by Gasteiger charge is -2.19. The van der Waals surface area contributed by atoms with Crippen molar-refractivity contribution in [3.05, 3.63) is 30.3 Å². The molecule has 2 rings (SSSR count). The normalized spacial score (nSPS) is 26.0. The average molecular weight is 206 g/mol. The van der Waals surface area contributed by atoms with Crippen molar-refractivity contribution < 1.29 is 9.47 Å². The number of hydrogen-bond acceptors (Lipinski definition) is 2. The highest BCUT2D eigenvalue weighted by Gasteiger charge is 2.49. The fraction of sp³-hybridized carbons (Fsp3) is 0.538. The van der Waals surface area contributed by atoms with Gasteiger partial charge in [-0.1, -0.05) is 38.5 Å². The summed E-state index contributed by atoms with van der Waals surface area (Å²) in [5, 5.41) is 0. The Kier molecular flexibility index (Phi) is 2.96. The van der Waals surface area contributed by atoms with Crippen molar-refractivity contribution in [3.63, 3.8) is 0 Å². The number of hydrogen-bond donors (Lipinski definition) is 0. The van der Waals surface area contributed by atoms with Crippen LogP contribution < -0.4 is 4.74 Å². The minimum Gasteiger partial charge on any atom is -0.490 e. The maximum Gasteiger partial charge on any atom is 0.128 e. The van der Waals surface area contributed by atoms with E-state index in [1.54, 1.807) is 0 Å². The zero-order chi connectivity index (χ0) is 10.7. The van der Waals surface area contributed by atoms with Gasteiger partial charge in [0.25, 0.3) is 0 Å². The van der Waals surface area contributed by atoms with E-state index >= 15 is 0 Å². The smallest absolute Gasteiger partial charge is 0.128 e. The Balaban J connectivity index is 1.89. The summed E-state index contributed by atoms with van der Waals surface area (Å²) in [5.41, 5.74) is -0.00933. The van der Waals surface area contributed by atoms with Crippen molar-refractivity contribution in [2.24, 2.45) is 5.92 Å². The van der Waals surface area contributed by atoms with Crippen LogP contribution in [0.25, 0.3) is 0 Å². The lowest BCUT2D eigenvalue weighted by atomic mass is 9.93. The first kappa shape index (κ1) is 10.5. The third-order valence-corrected chi connectivity index (χ3v) is 3.25. The van der Waals surface area contributed by atoms with Gasteiger partial charge in [-0.15, -0.1) is 0 Å². The summed E-state index contributed by atoms with van der Waals surface area (Å²) < 4.78 is 11.3. The van der Waals surface area contributed by atoms with Gasteiger partial charge < -0.3 is 9.47 Å². The highest BCUT2D eigenvalue weighted by Crippen LogP contribution is 2.37. The minimum atomic E-state index is -0.00933. The van der Waals surface area contributed by atoms with E-state index in [4.69, 9.17) is 9.47 Å². The van der Waals surface area contributed by atoms with Crippen LogP contribution in [0.1, 0.15) is 20.3 Å².